The molecule has 2 aromatic carbocycles. The van der Waals surface area contributed by atoms with E-state index in [1.807, 2.05) is 72.8 Å². The van der Waals surface area contributed by atoms with Crippen LogP contribution in [0.2, 0.25) is 0 Å². The summed E-state index contributed by atoms with van der Waals surface area (Å²) in [6.07, 6.45) is 0. The molecule has 0 unspecified atom stereocenters. The topological polar surface area (TPSA) is 52.6 Å². The lowest BCUT2D eigenvalue weighted by molar-refractivity contribution is 0.0525. The summed E-state index contributed by atoms with van der Waals surface area (Å²) in [7, 11) is 0. The molecule has 2 aliphatic carbocycles. The lowest BCUT2D eigenvalue weighted by Crippen LogP contribution is -2.08. The lowest BCUT2D eigenvalue weighted by Gasteiger charge is -2.11. The Hall–Kier alpha value is -3.66. The number of ether oxygens (including phenoxy) is 2. The molecule has 0 spiro atoms. The highest BCUT2D eigenvalue weighted by Crippen LogP contribution is 2.45. The van der Waals surface area contributed by atoms with E-state index in [2.05, 4.69) is 0 Å². The predicted molar refractivity (Wildman–Crippen MR) is 118 cm³/mol. The first-order valence-electron chi connectivity index (χ1n) is 10.0. The van der Waals surface area contributed by atoms with Gasteiger partial charge in [0.1, 0.15) is 0 Å². The molecule has 4 heteroatoms. The number of carbonyl (C=O) groups is 2. The van der Waals surface area contributed by atoms with Gasteiger partial charge in [0.05, 0.1) is 24.3 Å². The summed E-state index contributed by atoms with van der Waals surface area (Å²) in [5, 5.41) is 1.98. The van der Waals surface area contributed by atoms with E-state index in [0.717, 1.165) is 16.3 Å². The molecule has 150 valence electrons. The Morgan fingerprint density at radius 2 is 1.13 bits per heavy atom. The maximum Gasteiger partial charge on any atom is 0.339 e. The number of hydrogen-bond acceptors (Lipinski definition) is 4. The molecule has 0 aromatic heterocycles. The highest BCUT2D eigenvalue weighted by molar-refractivity contribution is 6.19. The molecule has 0 saturated heterocycles. The minimum Gasteiger partial charge on any atom is -0.462 e. The molecule has 0 N–H and O–H groups in total. The van der Waals surface area contributed by atoms with E-state index < -0.39 is 11.9 Å². The van der Waals surface area contributed by atoms with Gasteiger partial charge >= 0.3 is 11.9 Å². The third-order valence-corrected chi connectivity index (χ3v) is 5.09. The largest absolute Gasteiger partial charge is 0.462 e. The summed E-state index contributed by atoms with van der Waals surface area (Å²) in [5.74, 6) is -0.903. The highest BCUT2D eigenvalue weighted by Gasteiger charge is 2.33. The van der Waals surface area contributed by atoms with Crippen LogP contribution < -0.4 is 0 Å². The van der Waals surface area contributed by atoms with Crippen molar-refractivity contribution in [1.82, 2.24) is 0 Å². The summed E-state index contributed by atoms with van der Waals surface area (Å²) >= 11 is 0. The molecule has 0 aliphatic heterocycles. The first-order chi connectivity index (χ1) is 14.7. The number of fused-ring (bicyclic) bond motifs is 2. The number of carbonyl (C=O) groups excluding carboxylic acids is 2. The Morgan fingerprint density at radius 3 is 1.73 bits per heavy atom. The van der Waals surface area contributed by atoms with Crippen molar-refractivity contribution in [3.05, 3.63) is 83.9 Å². The van der Waals surface area contributed by atoms with Gasteiger partial charge in [0, 0.05) is 5.56 Å². The van der Waals surface area contributed by atoms with Crippen molar-refractivity contribution in [2.75, 3.05) is 13.2 Å². The van der Waals surface area contributed by atoms with Crippen LogP contribution in [0.15, 0.2) is 72.8 Å². The SMILES string of the molecule is CCOC(=O)c1c2cccccc-2c(C(=O)OCC)c1-c1cccc2ccccc12. The molecule has 2 aliphatic rings. The fourth-order valence-electron chi connectivity index (χ4n) is 3.92. The van der Waals surface area contributed by atoms with Gasteiger partial charge in [-0.25, -0.2) is 9.59 Å². The van der Waals surface area contributed by atoms with Gasteiger partial charge in [-0.15, -0.1) is 0 Å². The van der Waals surface area contributed by atoms with Gasteiger partial charge in [0.25, 0.3) is 0 Å². The van der Waals surface area contributed by atoms with Crippen molar-refractivity contribution in [3.63, 3.8) is 0 Å². The van der Waals surface area contributed by atoms with Crippen LogP contribution >= 0.6 is 0 Å². The molecule has 0 saturated carbocycles. The second kappa shape index (κ2) is 8.37. The third kappa shape index (κ3) is 3.30. The van der Waals surface area contributed by atoms with Crippen LogP contribution in [-0.2, 0) is 9.47 Å². The van der Waals surface area contributed by atoms with Gasteiger partial charge in [-0.05, 0) is 41.3 Å². The lowest BCUT2D eigenvalue weighted by atomic mass is 9.94. The van der Waals surface area contributed by atoms with Crippen molar-refractivity contribution in [2.24, 2.45) is 0 Å². The number of benzene rings is 2. The van der Waals surface area contributed by atoms with Crippen molar-refractivity contribution in [3.8, 4) is 22.3 Å². The van der Waals surface area contributed by atoms with Gasteiger partial charge < -0.3 is 9.47 Å². The number of rotatable bonds is 5. The Morgan fingerprint density at radius 1 is 0.633 bits per heavy atom. The van der Waals surface area contributed by atoms with Crippen molar-refractivity contribution in [1.29, 1.82) is 0 Å². The van der Waals surface area contributed by atoms with Crippen LogP contribution in [0.5, 0.6) is 0 Å². The smallest absolute Gasteiger partial charge is 0.339 e. The average molecular weight is 398 g/mol. The van der Waals surface area contributed by atoms with E-state index >= 15 is 0 Å². The molecule has 2 aromatic rings. The first kappa shape index (κ1) is 19.6. The van der Waals surface area contributed by atoms with Gasteiger partial charge in [-0.3, -0.25) is 0 Å². The van der Waals surface area contributed by atoms with Gasteiger partial charge in [0.15, 0.2) is 0 Å². The molecule has 4 rings (SSSR count). The average Bonchev–Trinajstić information content (AvgIpc) is 2.89. The van der Waals surface area contributed by atoms with Crippen LogP contribution in [0.3, 0.4) is 0 Å². The maximum absolute atomic E-state index is 13.1. The summed E-state index contributed by atoms with van der Waals surface area (Å²) in [4.78, 5) is 26.2. The summed E-state index contributed by atoms with van der Waals surface area (Å²) in [6, 6.07) is 23.0. The van der Waals surface area contributed by atoms with E-state index in [-0.39, 0.29) is 13.2 Å². The van der Waals surface area contributed by atoms with Crippen LogP contribution in [0.4, 0.5) is 0 Å². The Labute approximate surface area is 175 Å². The molecule has 30 heavy (non-hydrogen) atoms. The molecule has 0 radical (unpaired) electrons. The zero-order valence-electron chi connectivity index (χ0n) is 17.0. The minimum absolute atomic E-state index is 0.244. The first-order valence-corrected chi connectivity index (χ1v) is 10.0. The highest BCUT2D eigenvalue weighted by atomic mass is 16.5. The normalized spacial score (nSPS) is 10.9. The van der Waals surface area contributed by atoms with E-state index in [1.54, 1.807) is 13.8 Å². The van der Waals surface area contributed by atoms with Crippen LogP contribution in [-0.4, -0.2) is 25.2 Å². The summed E-state index contributed by atoms with van der Waals surface area (Å²) in [5.41, 5.74) is 3.49. The fourth-order valence-corrected chi connectivity index (χ4v) is 3.92. The van der Waals surface area contributed by atoms with E-state index in [0.29, 0.717) is 27.8 Å². The van der Waals surface area contributed by atoms with Gasteiger partial charge in [0.2, 0.25) is 0 Å². The molecule has 4 nitrogen and oxygen atoms in total. The Balaban J connectivity index is 2.16. The van der Waals surface area contributed by atoms with Gasteiger partial charge in [-0.1, -0.05) is 72.8 Å². The standard InChI is InChI=1S/C26H22O4/c1-3-29-25(27)23-20-14-6-5-7-15-21(20)24(26(28)30-4-2)22(23)19-16-10-12-17-11-8-9-13-18(17)19/h5-16H,3-4H2,1-2H3. The fraction of sp³-hybridized carbons (Fsp3) is 0.154. The Kier molecular flexibility index (Phi) is 5.48. The molecular weight excluding hydrogens is 376 g/mol. The van der Waals surface area contributed by atoms with Crippen LogP contribution in [0.1, 0.15) is 34.6 Å². The second-order valence-electron chi connectivity index (χ2n) is 6.83. The number of esters is 2. The molecular formula is C26H22O4. The number of hydrogen-bond donors (Lipinski definition) is 0. The quantitative estimate of drug-likeness (QED) is 0.389. The van der Waals surface area contributed by atoms with Crippen LogP contribution in [0.25, 0.3) is 33.0 Å². The predicted octanol–water partition coefficient (Wildman–Crippen LogP) is 5.97. The van der Waals surface area contributed by atoms with Crippen molar-refractivity contribution < 1.29 is 19.1 Å². The second-order valence-corrected chi connectivity index (χ2v) is 6.83. The molecule has 0 bridgehead atoms. The van der Waals surface area contributed by atoms with E-state index in [9.17, 15) is 9.59 Å². The monoisotopic (exact) mass is 398 g/mol. The summed E-state index contributed by atoms with van der Waals surface area (Å²) in [6.45, 7) is 4.03. The molecule has 0 atom stereocenters. The van der Waals surface area contributed by atoms with Crippen molar-refractivity contribution >= 4 is 22.7 Å². The molecule has 0 amide bonds. The molecule has 0 heterocycles. The van der Waals surface area contributed by atoms with E-state index in [4.69, 9.17) is 9.47 Å². The molecule has 0 fully saturated rings. The van der Waals surface area contributed by atoms with Crippen LogP contribution in [0, 0.1) is 0 Å². The minimum atomic E-state index is -0.452. The Bertz CT molecular complexity index is 1150. The van der Waals surface area contributed by atoms with Crippen molar-refractivity contribution in [2.45, 2.75) is 13.8 Å². The third-order valence-electron chi connectivity index (χ3n) is 5.09. The summed E-state index contributed by atoms with van der Waals surface area (Å²) < 4.78 is 10.8. The zero-order chi connectivity index (χ0) is 21.1. The van der Waals surface area contributed by atoms with E-state index in [1.165, 1.54) is 0 Å². The maximum atomic E-state index is 13.1. The van der Waals surface area contributed by atoms with Gasteiger partial charge in [-0.2, -0.15) is 0 Å². The zero-order valence-corrected chi connectivity index (χ0v) is 17.0.